The second kappa shape index (κ2) is 9.36. The van der Waals surface area contributed by atoms with Gasteiger partial charge in [0.25, 0.3) is 5.91 Å². The first-order valence-electron chi connectivity index (χ1n) is 10.7. The first-order valence-corrected chi connectivity index (χ1v) is 10.7. The van der Waals surface area contributed by atoms with Crippen molar-refractivity contribution in [1.82, 2.24) is 19.9 Å². The minimum atomic E-state index is -4.49. The van der Waals surface area contributed by atoms with Crippen LogP contribution < -0.4 is 4.74 Å². The van der Waals surface area contributed by atoms with Gasteiger partial charge in [0.2, 0.25) is 5.88 Å². The molecular formula is C24H22F4N4O2. The van der Waals surface area contributed by atoms with Gasteiger partial charge in [-0.05, 0) is 43.5 Å². The zero-order valence-corrected chi connectivity index (χ0v) is 18.5. The van der Waals surface area contributed by atoms with Gasteiger partial charge in [0.15, 0.2) is 5.82 Å². The summed E-state index contributed by atoms with van der Waals surface area (Å²) in [6.45, 7) is 4.13. The lowest BCUT2D eigenvalue weighted by Gasteiger charge is -2.30. The van der Waals surface area contributed by atoms with Crippen LogP contribution in [-0.4, -0.2) is 44.4 Å². The van der Waals surface area contributed by atoms with Gasteiger partial charge in [-0.25, -0.2) is 19.3 Å². The van der Waals surface area contributed by atoms with Crippen molar-refractivity contribution < 1.29 is 27.1 Å². The third-order valence-corrected chi connectivity index (χ3v) is 5.76. The van der Waals surface area contributed by atoms with E-state index in [9.17, 15) is 22.4 Å². The van der Waals surface area contributed by atoms with E-state index in [1.165, 1.54) is 30.6 Å². The molecule has 1 fully saturated rings. The standard InChI is InChI=1S/C24H22F4N4O2/c1-14-11-19(15(2)34-20-8-7-16(12-31-20)24(26,27)28)32(13-14)23(33)17-5-3-6-18(25)21(17)22-29-9-4-10-30-22/h3-10,12,14-15,19H,11,13H2,1-2H3. The van der Waals surface area contributed by atoms with Crippen LogP contribution in [0.15, 0.2) is 55.0 Å². The maximum atomic E-state index is 14.8. The summed E-state index contributed by atoms with van der Waals surface area (Å²) in [6, 6.07) is 7.48. The second-order valence-electron chi connectivity index (χ2n) is 8.31. The van der Waals surface area contributed by atoms with Crippen LogP contribution in [0.1, 0.15) is 36.2 Å². The third kappa shape index (κ3) is 4.85. The van der Waals surface area contributed by atoms with Gasteiger partial charge >= 0.3 is 6.18 Å². The molecule has 10 heteroatoms. The molecule has 0 bridgehead atoms. The predicted molar refractivity (Wildman–Crippen MR) is 115 cm³/mol. The molecule has 1 aliphatic heterocycles. The molecule has 0 N–H and O–H groups in total. The van der Waals surface area contributed by atoms with E-state index in [0.29, 0.717) is 19.2 Å². The van der Waals surface area contributed by atoms with E-state index in [-0.39, 0.29) is 34.8 Å². The summed E-state index contributed by atoms with van der Waals surface area (Å²) in [5.74, 6) is -0.737. The predicted octanol–water partition coefficient (Wildman–Crippen LogP) is 5.01. The number of carbonyl (C=O) groups is 1. The van der Waals surface area contributed by atoms with Crippen LogP contribution in [0.4, 0.5) is 17.6 Å². The molecular weight excluding hydrogens is 452 g/mol. The molecule has 178 valence electrons. The van der Waals surface area contributed by atoms with E-state index in [1.54, 1.807) is 17.9 Å². The summed E-state index contributed by atoms with van der Waals surface area (Å²) in [5.41, 5.74) is -0.727. The molecule has 3 heterocycles. The summed E-state index contributed by atoms with van der Waals surface area (Å²) < 4.78 is 58.9. The lowest BCUT2D eigenvalue weighted by Crippen LogP contribution is -2.44. The van der Waals surface area contributed by atoms with Crippen molar-refractivity contribution in [3.63, 3.8) is 0 Å². The van der Waals surface area contributed by atoms with Gasteiger partial charge in [-0.1, -0.05) is 13.0 Å². The maximum Gasteiger partial charge on any atom is 0.417 e. The molecule has 3 aromatic rings. The van der Waals surface area contributed by atoms with Gasteiger partial charge in [-0.2, -0.15) is 13.2 Å². The van der Waals surface area contributed by atoms with Crippen molar-refractivity contribution in [2.75, 3.05) is 6.54 Å². The SMILES string of the molecule is CC1CC(C(C)Oc2ccc(C(F)(F)F)cn2)N(C(=O)c2cccc(F)c2-c2ncccn2)C1. The van der Waals surface area contributed by atoms with Gasteiger partial charge < -0.3 is 9.64 Å². The van der Waals surface area contributed by atoms with Gasteiger partial charge in [0, 0.05) is 31.2 Å². The average Bonchev–Trinajstić information content (AvgIpc) is 3.20. The number of carbonyl (C=O) groups excluding carboxylic acids is 1. The summed E-state index contributed by atoms with van der Waals surface area (Å²) in [4.78, 5) is 27.1. The van der Waals surface area contributed by atoms with E-state index in [4.69, 9.17) is 4.74 Å². The molecule has 0 spiro atoms. The average molecular weight is 474 g/mol. The summed E-state index contributed by atoms with van der Waals surface area (Å²) >= 11 is 0. The Kier molecular flexibility index (Phi) is 6.49. The number of alkyl halides is 3. The number of aromatic nitrogens is 3. The van der Waals surface area contributed by atoms with Crippen LogP contribution in [0.25, 0.3) is 11.4 Å². The molecule has 3 atom stereocenters. The lowest BCUT2D eigenvalue weighted by atomic mass is 10.0. The van der Waals surface area contributed by atoms with Crippen molar-refractivity contribution >= 4 is 5.91 Å². The molecule has 0 saturated carbocycles. The number of hydrogen-bond acceptors (Lipinski definition) is 5. The highest BCUT2D eigenvalue weighted by atomic mass is 19.4. The molecule has 2 aromatic heterocycles. The van der Waals surface area contributed by atoms with Crippen LogP contribution in [0.3, 0.4) is 0 Å². The van der Waals surface area contributed by atoms with Crippen molar-refractivity contribution in [1.29, 1.82) is 0 Å². The van der Waals surface area contributed by atoms with Gasteiger partial charge in [0.05, 0.1) is 22.7 Å². The van der Waals surface area contributed by atoms with Crippen LogP contribution in [0.2, 0.25) is 0 Å². The van der Waals surface area contributed by atoms with Crippen LogP contribution >= 0.6 is 0 Å². The fourth-order valence-electron chi connectivity index (χ4n) is 4.16. The molecule has 6 nitrogen and oxygen atoms in total. The first kappa shape index (κ1) is 23.6. The second-order valence-corrected chi connectivity index (χ2v) is 8.31. The van der Waals surface area contributed by atoms with E-state index < -0.39 is 29.6 Å². The summed E-state index contributed by atoms with van der Waals surface area (Å²) in [6.07, 6.45) is -0.802. The number of halogens is 4. The highest BCUT2D eigenvalue weighted by Gasteiger charge is 2.39. The van der Waals surface area contributed by atoms with E-state index >= 15 is 0 Å². The fourth-order valence-corrected chi connectivity index (χ4v) is 4.16. The number of amides is 1. The van der Waals surface area contributed by atoms with Crippen molar-refractivity contribution in [2.45, 2.75) is 38.6 Å². The maximum absolute atomic E-state index is 14.8. The number of pyridine rings is 1. The Labute approximate surface area is 193 Å². The Morgan fingerprint density at radius 2 is 1.85 bits per heavy atom. The van der Waals surface area contributed by atoms with E-state index in [2.05, 4.69) is 15.0 Å². The number of nitrogens with zero attached hydrogens (tertiary/aromatic N) is 4. The molecule has 1 aliphatic rings. The molecule has 1 saturated heterocycles. The number of benzene rings is 1. The van der Waals surface area contributed by atoms with E-state index in [1.807, 2.05) is 6.92 Å². The molecule has 1 aromatic carbocycles. The number of likely N-dealkylation sites (tertiary alicyclic amines) is 1. The minimum Gasteiger partial charge on any atom is -0.472 e. The highest BCUT2D eigenvalue weighted by Crippen LogP contribution is 2.33. The molecule has 4 rings (SSSR count). The third-order valence-electron chi connectivity index (χ3n) is 5.76. The minimum absolute atomic E-state index is 0.0179. The molecule has 0 aliphatic carbocycles. The monoisotopic (exact) mass is 474 g/mol. The summed E-state index contributed by atoms with van der Waals surface area (Å²) in [5, 5.41) is 0. The largest absolute Gasteiger partial charge is 0.472 e. The molecule has 0 radical (unpaired) electrons. The Hall–Kier alpha value is -3.56. The Morgan fingerprint density at radius 3 is 2.50 bits per heavy atom. The quantitative estimate of drug-likeness (QED) is 0.486. The first-order chi connectivity index (χ1) is 16.1. The van der Waals surface area contributed by atoms with Crippen LogP contribution in [0, 0.1) is 11.7 Å². The van der Waals surface area contributed by atoms with Crippen LogP contribution in [-0.2, 0) is 6.18 Å². The number of rotatable bonds is 5. The topological polar surface area (TPSA) is 68.2 Å². The molecule has 1 amide bonds. The summed E-state index contributed by atoms with van der Waals surface area (Å²) in [7, 11) is 0. The zero-order valence-electron chi connectivity index (χ0n) is 18.5. The van der Waals surface area contributed by atoms with E-state index in [0.717, 1.165) is 12.1 Å². The lowest BCUT2D eigenvalue weighted by molar-refractivity contribution is -0.137. The Balaban J connectivity index is 1.59. The van der Waals surface area contributed by atoms with Gasteiger partial charge in [-0.15, -0.1) is 0 Å². The van der Waals surface area contributed by atoms with Crippen molar-refractivity contribution in [3.8, 4) is 17.3 Å². The smallest absolute Gasteiger partial charge is 0.417 e. The normalized spacial score (nSPS) is 19.2. The zero-order chi connectivity index (χ0) is 24.5. The van der Waals surface area contributed by atoms with Gasteiger partial charge in [0.1, 0.15) is 11.9 Å². The van der Waals surface area contributed by atoms with Crippen molar-refractivity contribution in [2.24, 2.45) is 5.92 Å². The van der Waals surface area contributed by atoms with Gasteiger partial charge in [-0.3, -0.25) is 4.79 Å². The Bertz CT molecular complexity index is 1160. The number of ether oxygens (including phenoxy) is 1. The molecule has 3 unspecified atom stereocenters. The Morgan fingerprint density at radius 1 is 1.12 bits per heavy atom. The van der Waals surface area contributed by atoms with Crippen LogP contribution in [0.5, 0.6) is 5.88 Å². The fraction of sp³-hybridized carbons (Fsp3) is 0.333. The number of hydrogen-bond donors (Lipinski definition) is 0. The highest BCUT2D eigenvalue weighted by molar-refractivity contribution is 6.00. The molecule has 34 heavy (non-hydrogen) atoms. The van der Waals surface area contributed by atoms with Crippen molar-refractivity contribution in [3.05, 3.63) is 71.9 Å².